The lowest BCUT2D eigenvalue weighted by Gasteiger charge is -2.43. The van der Waals surface area contributed by atoms with Gasteiger partial charge in [0.1, 0.15) is 0 Å². The van der Waals surface area contributed by atoms with Crippen LogP contribution in [0, 0.1) is 0 Å². The fraction of sp³-hybridized carbons (Fsp3) is 0.667. The highest BCUT2D eigenvalue weighted by molar-refractivity contribution is 5.93. The van der Waals surface area contributed by atoms with Gasteiger partial charge in [-0.25, -0.2) is 4.79 Å². The number of nitrogens with zero attached hydrogens (tertiary/aromatic N) is 3. The molecule has 4 aliphatic rings. The van der Waals surface area contributed by atoms with E-state index in [-0.39, 0.29) is 36.2 Å². The van der Waals surface area contributed by atoms with Gasteiger partial charge in [0.15, 0.2) is 5.78 Å². The predicted molar refractivity (Wildman–Crippen MR) is 138 cm³/mol. The molecule has 3 amide bonds. The minimum atomic E-state index is -0.757. The number of para-hydroxylation sites is 1. The van der Waals surface area contributed by atoms with Crippen molar-refractivity contribution in [3.63, 3.8) is 0 Å². The van der Waals surface area contributed by atoms with Crippen molar-refractivity contribution in [3.05, 3.63) is 29.8 Å². The maximum absolute atomic E-state index is 13.4. The first-order valence-corrected chi connectivity index (χ1v) is 13.7. The Morgan fingerprint density at radius 3 is 2.50 bits per heavy atom. The molecule has 4 aliphatic heterocycles. The van der Waals surface area contributed by atoms with Gasteiger partial charge in [-0.1, -0.05) is 24.6 Å². The van der Waals surface area contributed by atoms with Crippen LogP contribution in [-0.2, 0) is 16.1 Å². The van der Waals surface area contributed by atoms with Crippen molar-refractivity contribution >= 4 is 23.4 Å². The average molecular weight is 497 g/mol. The Kier molecular flexibility index (Phi) is 7.88. The topological polar surface area (TPSA) is 111 Å². The number of likely N-dealkylation sites (tertiary alicyclic amines) is 2. The number of rotatable bonds is 6. The molecule has 36 heavy (non-hydrogen) atoms. The molecule has 0 saturated carbocycles. The first kappa shape index (κ1) is 25.2. The summed E-state index contributed by atoms with van der Waals surface area (Å²) in [7, 11) is 0. The Morgan fingerprint density at radius 1 is 0.972 bits per heavy atom. The van der Waals surface area contributed by atoms with Crippen LogP contribution in [0.1, 0.15) is 56.9 Å². The fourth-order valence-electron chi connectivity index (χ4n) is 6.44. The van der Waals surface area contributed by atoms with Crippen LogP contribution in [0.5, 0.6) is 0 Å². The summed E-state index contributed by atoms with van der Waals surface area (Å²) in [6, 6.07) is 7.42. The first-order valence-electron chi connectivity index (χ1n) is 13.7. The summed E-state index contributed by atoms with van der Waals surface area (Å²) in [4.78, 5) is 45.2. The van der Waals surface area contributed by atoms with Gasteiger partial charge in [-0.2, -0.15) is 0 Å². The second-order valence-electron chi connectivity index (χ2n) is 10.8. The number of amides is 3. The SMILES string of the molecule is NC(CC(=O)N1CCC(N2Cc3ccccc3NC2=O)CC1)C(=O)C1CCCCN1C1CCNCC1. The number of nitrogens with one attached hydrogen (secondary N) is 2. The van der Waals surface area contributed by atoms with Crippen molar-refractivity contribution in [2.75, 3.05) is 38.0 Å². The number of Topliss-reactive ketones (excluding diaryl/α,β-unsaturated/α-hetero) is 1. The van der Waals surface area contributed by atoms with Crippen LogP contribution in [0.3, 0.4) is 0 Å². The number of carbonyl (C=O) groups is 3. The molecule has 0 bridgehead atoms. The molecule has 0 spiro atoms. The molecule has 2 atom stereocenters. The van der Waals surface area contributed by atoms with Gasteiger partial charge >= 0.3 is 6.03 Å². The van der Waals surface area contributed by atoms with Crippen LogP contribution >= 0.6 is 0 Å². The van der Waals surface area contributed by atoms with Crippen molar-refractivity contribution in [1.29, 1.82) is 0 Å². The van der Waals surface area contributed by atoms with E-state index in [0.717, 1.165) is 75.8 Å². The molecule has 5 rings (SSSR count). The molecule has 0 radical (unpaired) electrons. The smallest absolute Gasteiger partial charge is 0.322 e. The maximum atomic E-state index is 13.4. The standard InChI is InChI=1S/C27H40N6O3/c28-22(26(35)24-7-3-4-14-32(24)20-8-12-29-13-9-20)17-25(34)31-15-10-21(11-16-31)33-18-19-5-1-2-6-23(19)30-27(33)36/h1-2,5-6,20-22,24,29H,3-4,7-18,28H2,(H,30,36). The van der Waals surface area contributed by atoms with Crippen molar-refractivity contribution in [2.24, 2.45) is 5.73 Å². The summed E-state index contributed by atoms with van der Waals surface area (Å²) in [6.07, 6.45) is 6.67. The number of piperidine rings is 3. The lowest BCUT2D eigenvalue weighted by Crippen LogP contribution is -2.57. The number of benzene rings is 1. The van der Waals surface area contributed by atoms with Gasteiger partial charge < -0.3 is 26.2 Å². The summed E-state index contributed by atoms with van der Waals surface area (Å²) in [5.74, 6) is -0.0212. The summed E-state index contributed by atoms with van der Waals surface area (Å²) >= 11 is 0. The average Bonchev–Trinajstić information content (AvgIpc) is 2.92. The molecule has 3 saturated heterocycles. The maximum Gasteiger partial charge on any atom is 0.322 e. The monoisotopic (exact) mass is 496 g/mol. The normalized spacial score (nSPS) is 25.2. The van der Waals surface area contributed by atoms with E-state index in [1.165, 1.54) is 0 Å². The van der Waals surface area contributed by atoms with Crippen LogP contribution in [0.2, 0.25) is 0 Å². The van der Waals surface area contributed by atoms with Crippen molar-refractivity contribution in [1.82, 2.24) is 20.0 Å². The highest BCUT2D eigenvalue weighted by Crippen LogP contribution is 2.28. The zero-order valence-electron chi connectivity index (χ0n) is 21.2. The molecule has 1 aromatic carbocycles. The minimum absolute atomic E-state index is 0.0279. The summed E-state index contributed by atoms with van der Waals surface area (Å²) in [6.45, 7) is 4.70. The molecule has 9 nitrogen and oxygen atoms in total. The van der Waals surface area contributed by atoms with E-state index in [0.29, 0.717) is 25.7 Å². The van der Waals surface area contributed by atoms with Gasteiger partial charge in [-0.3, -0.25) is 14.5 Å². The quantitative estimate of drug-likeness (QED) is 0.555. The molecule has 4 heterocycles. The molecule has 9 heteroatoms. The zero-order chi connectivity index (χ0) is 25.1. The molecule has 3 fully saturated rings. The Balaban J connectivity index is 1.12. The van der Waals surface area contributed by atoms with E-state index in [9.17, 15) is 14.4 Å². The molecular formula is C27H40N6O3. The molecule has 196 valence electrons. The highest BCUT2D eigenvalue weighted by atomic mass is 16.2. The van der Waals surface area contributed by atoms with Gasteiger partial charge in [0.25, 0.3) is 0 Å². The lowest BCUT2D eigenvalue weighted by molar-refractivity contribution is -0.137. The highest BCUT2D eigenvalue weighted by Gasteiger charge is 2.38. The number of hydrogen-bond acceptors (Lipinski definition) is 6. The Hall–Kier alpha value is -2.49. The number of anilines is 1. The zero-order valence-corrected chi connectivity index (χ0v) is 21.2. The second-order valence-corrected chi connectivity index (χ2v) is 10.8. The summed E-state index contributed by atoms with van der Waals surface area (Å²) in [5.41, 5.74) is 8.35. The third-order valence-electron chi connectivity index (χ3n) is 8.53. The van der Waals surface area contributed by atoms with Crippen LogP contribution in [-0.4, -0.2) is 89.3 Å². The van der Waals surface area contributed by atoms with E-state index >= 15 is 0 Å². The molecule has 0 aromatic heterocycles. The van der Waals surface area contributed by atoms with E-state index in [1.54, 1.807) is 0 Å². The summed E-state index contributed by atoms with van der Waals surface area (Å²) in [5, 5.41) is 6.39. The number of nitrogens with two attached hydrogens (primary N) is 1. The van der Waals surface area contributed by atoms with Gasteiger partial charge in [0.05, 0.1) is 12.1 Å². The predicted octanol–water partition coefficient (Wildman–Crippen LogP) is 1.92. The third kappa shape index (κ3) is 5.43. The van der Waals surface area contributed by atoms with Crippen LogP contribution in [0.15, 0.2) is 24.3 Å². The van der Waals surface area contributed by atoms with Crippen LogP contribution < -0.4 is 16.4 Å². The number of fused-ring (bicyclic) bond motifs is 1. The fourth-order valence-corrected chi connectivity index (χ4v) is 6.44. The Labute approximate surface area is 213 Å². The Morgan fingerprint density at radius 2 is 1.72 bits per heavy atom. The van der Waals surface area contributed by atoms with E-state index < -0.39 is 6.04 Å². The molecule has 4 N–H and O–H groups in total. The van der Waals surface area contributed by atoms with Crippen LogP contribution in [0.4, 0.5) is 10.5 Å². The van der Waals surface area contributed by atoms with Crippen molar-refractivity contribution in [3.8, 4) is 0 Å². The number of ketones is 1. The number of hydrogen-bond donors (Lipinski definition) is 3. The largest absolute Gasteiger partial charge is 0.342 e. The molecular weight excluding hydrogens is 456 g/mol. The lowest BCUT2D eigenvalue weighted by atomic mass is 9.90. The van der Waals surface area contributed by atoms with Crippen molar-refractivity contribution in [2.45, 2.75) is 82.1 Å². The number of urea groups is 1. The third-order valence-corrected chi connectivity index (χ3v) is 8.53. The van der Waals surface area contributed by atoms with Gasteiger partial charge in [-0.15, -0.1) is 0 Å². The summed E-state index contributed by atoms with van der Waals surface area (Å²) < 4.78 is 0. The van der Waals surface area contributed by atoms with E-state index in [1.807, 2.05) is 34.1 Å². The molecule has 2 unspecified atom stereocenters. The van der Waals surface area contributed by atoms with Gasteiger partial charge in [-0.05, 0) is 69.8 Å². The van der Waals surface area contributed by atoms with Crippen LogP contribution in [0.25, 0.3) is 0 Å². The Bertz CT molecular complexity index is 957. The minimum Gasteiger partial charge on any atom is -0.342 e. The number of carbonyl (C=O) groups excluding carboxylic acids is 3. The molecule has 0 aliphatic carbocycles. The van der Waals surface area contributed by atoms with Crippen molar-refractivity contribution < 1.29 is 14.4 Å². The van der Waals surface area contributed by atoms with E-state index in [2.05, 4.69) is 15.5 Å². The first-order chi connectivity index (χ1) is 17.5. The van der Waals surface area contributed by atoms with Gasteiger partial charge in [0.2, 0.25) is 5.91 Å². The van der Waals surface area contributed by atoms with Gasteiger partial charge in [0, 0.05) is 43.8 Å². The second kappa shape index (κ2) is 11.3. The van der Waals surface area contributed by atoms with E-state index in [4.69, 9.17) is 5.73 Å². The molecule has 1 aromatic rings.